The zero-order valence-electron chi connectivity index (χ0n) is 10.3. The van der Waals surface area contributed by atoms with Gasteiger partial charge in [-0.3, -0.25) is 4.79 Å². The predicted molar refractivity (Wildman–Crippen MR) is 67.6 cm³/mol. The second-order valence-corrected chi connectivity index (χ2v) is 3.51. The number of nitrogen functional groups attached to an aromatic ring is 1. The third kappa shape index (κ3) is 3.90. The van der Waals surface area contributed by atoms with Crippen molar-refractivity contribution < 1.29 is 19.4 Å². The summed E-state index contributed by atoms with van der Waals surface area (Å²) in [5.41, 5.74) is 6.48. The molecule has 0 atom stereocenters. The van der Waals surface area contributed by atoms with E-state index < -0.39 is 0 Å². The Morgan fingerprint density at radius 1 is 1.44 bits per heavy atom. The summed E-state index contributed by atoms with van der Waals surface area (Å²) in [5.74, 6) is 0.193. The number of amides is 1. The minimum Gasteiger partial charge on any atom is -0.495 e. The summed E-state index contributed by atoms with van der Waals surface area (Å²) in [6.07, 6.45) is 0. The van der Waals surface area contributed by atoms with Gasteiger partial charge in [0.05, 0.1) is 38.2 Å². The molecule has 0 spiro atoms. The number of aliphatic hydroxyl groups is 1. The van der Waals surface area contributed by atoms with Crippen LogP contribution in [-0.4, -0.2) is 44.5 Å². The number of hydrogen-bond donors (Lipinski definition) is 3. The molecule has 1 aromatic rings. The summed E-state index contributed by atoms with van der Waals surface area (Å²) in [6.45, 7) is 0.930. The summed E-state index contributed by atoms with van der Waals surface area (Å²) in [4.78, 5) is 11.8. The van der Waals surface area contributed by atoms with Gasteiger partial charge in [0, 0.05) is 6.54 Å². The van der Waals surface area contributed by atoms with Crippen molar-refractivity contribution in [3.8, 4) is 5.75 Å². The first-order chi connectivity index (χ1) is 8.70. The van der Waals surface area contributed by atoms with Crippen molar-refractivity contribution >= 4 is 11.6 Å². The number of aliphatic hydroxyl groups excluding tert-OH is 1. The topological polar surface area (TPSA) is 93.8 Å². The van der Waals surface area contributed by atoms with E-state index in [0.717, 1.165) is 0 Å². The fourth-order valence-electron chi connectivity index (χ4n) is 1.42. The Balaban J connectivity index is 2.51. The van der Waals surface area contributed by atoms with Crippen molar-refractivity contribution in [3.05, 3.63) is 23.8 Å². The van der Waals surface area contributed by atoms with E-state index in [1.807, 2.05) is 0 Å². The molecule has 0 bridgehead atoms. The van der Waals surface area contributed by atoms with Crippen molar-refractivity contribution in [3.63, 3.8) is 0 Å². The first kappa shape index (κ1) is 14.3. The van der Waals surface area contributed by atoms with Crippen LogP contribution >= 0.6 is 0 Å². The minimum absolute atomic E-state index is 0.0310. The van der Waals surface area contributed by atoms with Gasteiger partial charge < -0.3 is 25.6 Å². The number of benzene rings is 1. The van der Waals surface area contributed by atoms with Crippen molar-refractivity contribution in [2.24, 2.45) is 0 Å². The largest absolute Gasteiger partial charge is 0.495 e. The molecule has 0 aliphatic heterocycles. The van der Waals surface area contributed by atoms with E-state index in [-0.39, 0.29) is 19.1 Å². The predicted octanol–water partition coefficient (Wildman–Crippen LogP) is 0.0161. The van der Waals surface area contributed by atoms with E-state index in [1.165, 1.54) is 7.11 Å². The summed E-state index contributed by atoms with van der Waals surface area (Å²) in [7, 11) is 1.50. The molecule has 1 aromatic carbocycles. The molecule has 0 heterocycles. The zero-order chi connectivity index (χ0) is 13.4. The lowest BCUT2D eigenvalue weighted by Crippen LogP contribution is -2.28. The number of para-hydroxylation sites is 1. The number of nitrogens with two attached hydrogens (primary N) is 1. The highest BCUT2D eigenvalue weighted by atomic mass is 16.5. The van der Waals surface area contributed by atoms with Gasteiger partial charge in [0.2, 0.25) is 0 Å². The lowest BCUT2D eigenvalue weighted by Gasteiger charge is -2.10. The van der Waals surface area contributed by atoms with Gasteiger partial charge in [-0.2, -0.15) is 0 Å². The summed E-state index contributed by atoms with van der Waals surface area (Å²) >= 11 is 0. The lowest BCUT2D eigenvalue weighted by atomic mass is 10.1. The molecule has 100 valence electrons. The lowest BCUT2D eigenvalue weighted by molar-refractivity contribution is 0.0838. The Labute approximate surface area is 106 Å². The second kappa shape index (κ2) is 7.52. The molecule has 6 nitrogen and oxygen atoms in total. The van der Waals surface area contributed by atoms with Crippen LogP contribution in [0.25, 0.3) is 0 Å². The summed E-state index contributed by atoms with van der Waals surface area (Å²) < 4.78 is 10.1. The number of carbonyl (C=O) groups excluding carboxylic acids is 1. The standard InChI is InChI=1S/C12H18N2O4/c1-17-10-4-2-3-9(11(10)13)12(16)14-5-7-18-8-6-15/h2-4,15H,5-8,13H2,1H3,(H,14,16). The van der Waals surface area contributed by atoms with Gasteiger partial charge in [0.15, 0.2) is 0 Å². The molecule has 6 heteroatoms. The van der Waals surface area contributed by atoms with Crippen LogP contribution in [0.2, 0.25) is 0 Å². The third-order valence-electron chi connectivity index (χ3n) is 2.30. The van der Waals surface area contributed by atoms with Gasteiger partial charge in [-0.25, -0.2) is 0 Å². The number of anilines is 1. The van der Waals surface area contributed by atoms with Gasteiger partial charge in [-0.05, 0) is 12.1 Å². The van der Waals surface area contributed by atoms with Gasteiger partial charge in [-0.15, -0.1) is 0 Å². The molecule has 0 radical (unpaired) electrons. The number of rotatable bonds is 7. The number of ether oxygens (including phenoxy) is 2. The zero-order valence-corrected chi connectivity index (χ0v) is 10.3. The molecule has 0 fully saturated rings. The van der Waals surface area contributed by atoms with Crippen molar-refractivity contribution in [1.82, 2.24) is 5.32 Å². The number of methoxy groups -OCH3 is 1. The SMILES string of the molecule is COc1cccc(C(=O)NCCOCCO)c1N. The van der Waals surface area contributed by atoms with Crippen LogP contribution in [0.4, 0.5) is 5.69 Å². The fourth-order valence-corrected chi connectivity index (χ4v) is 1.42. The number of carbonyl (C=O) groups is 1. The van der Waals surface area contributed by atoms with Crippen LogP contribution in [-0.2, 0) is 4.74 Å². The maximum Gasteiger partial charge on any atom is 0.253 e. The molecule has 0 unspecified atom stereocenters. The van der Waals surface area contributed by atoms with E-state index in [2.05, 4.69) is 5.32 Å². The molecule has 1 rings (SSSR count). The molecule has 0 saturated carbocycles. The Bertz CT molecular complexity index is 396. The van der Waals surface area contributed by atoms with Crippen LogP contribution in [0.5, 0.6) is 5.75 Å². The second-order valence-electron chi connectivity index (χ2n) is 3.51. The summed E-state index contributed by atoms with van der Waals surface area (Å²) in [6, 6.07) is 5.02. The van der Waals surface area contributed by atoms with Crippen molar-refractivity contribution in [1.29, 1.82) is 0 Å². The quantitative estimate of drug-likeness (QED) is 0.471. The van der Waals surface area contributed by atoms with Crippen LogP contribution in [0.3, 0.4) is 0 Å². The molecular formula is C12H18N2O4. The highest BCUT2D eigenvalue weighted by molar-refractivity contribution is 6.00. The molecule has 18 heavy (non-hydrogen) atoms. The molecule has 0 aromatic heterocycles. The Morgan fingerprint density at radius 2 is 2.22 bits per heavy atom. The Kier molecular flexibility index (Phi) is 5.96. The van der Waals surface area contributed by atoms with Gasteiger partial charge in [-0.1, -0.05) is 6.07 Å². The fraction of sp³-hybridized carbons (Fsp3) is 0.417. The third-order valence-corrected chi connectivity index (χ3v) is 2.30. The van der Waals surface area contributed by atoms with Crippen LogP contribution < -0.4 is 15.8 Å². The van der Waals surface area contributed by atoms with E-state index >= 15 is 0 Å². The smallest absolute Gasteiger partial charge is 0.253 e. The highest BCUT2D eigenvalue weighted by Crippen LogP contribution is 2.24. The van der Waals surface area contributed by atoms with E-state index in [4.69, 9.17) is 20.3 Å². The molecule has 4 N–H and O–H groups in total. The van der Waals surface area contributed by atoms with Crippen molar-refractivity contribution in [2.75, 3.05) is 39.2 Å². The highest BCUT2D eigenvalue weighted by Gasteiger charge is 2.12. The molecule has 1 amide bonds. The average molecular weight is 254 g/mol. The first-order valence-corrected chi connectivity index (χ1v) is 5.60. The normalized spacial score (nSPS) is 10.1. The first-order valence-electron chi connectivity index (χ1n) is 5.60. The van der Waals surface area contributed by atoms with E-state index in [9.17, 15) is 4.79 Å². The molecule has 0 saturated heterocycles. The number of nitrogens with one attached hydrogen (secondary N) is 1. The minimum atomic E-state index is -0.279. The van der Waals surface area contributed by atoms with E-state index in [1.54, 1.807) is 18.2 Å². The maximum atomic E-state index is 11.8. The maximum absolute atomic E-state index is 11.8. The Hall–Kier alpha value is -1.79. The summed E-state index contributed by atoms with van der Waals surface area (Å²) in [5, 5.41) is 11.2. The van der Waals surface area contributed by atoms with Crippen LogP contribution in [0.1, 0.15) is 10.4 Å². The van der Waals surface area contributed by atoms with Gasteiger partial charge >= 0.3 is 0 Å². The molecular weight excluding hydrogens is 236 g/mol. The molecule has 0 aliphatic rings. The Morgan fingerprint density at radius 3 is 2.89 bits per heavy atom. The molecule has 0 aliphatic carbocycles. The monoisotopic (exact) mass is 254 g/mol. The average Bonchev–Trinajstić information content (AvgIpc) is 2.38. The number of hydrogen-bond acceptors (Lipinski definition) is 5. The van der Waals surface area contributed by atoms with Gasteiger partial charge in [0.1, 0.15) is 5.75 Å². The van der Waals surface area contributed by atoms with Gasteiger partial charge in [0.25, 0.3) is 5.91 Å². The van der Waals surface area contributed by atoms with Crippen LogP contribution in [0.15, 0.2) is 18.2 Å². The van der Waals surface area contributed by atoms with E-state index in [0.29, 0.717) is 30.2 Å². The van der Waals surface area contributed by atoms with Crippen LogP contribution in [0, 0.1) is 0 Å². The van der Waals surface area contributed by atoms with Crippen molar-refractivity contribution in [2.45, 2.75) is 0 Å².